The number of methoxy groups -OCH3 is 1. The second-order valence-corrected chi connectivity index (χ2v) is 2.13. The first-order valence-electron chi connectivity index (χ1n) is 3.18. The van der Waals surface area contributed by atoms with E-state index in [2.05, 4.69) is 4.74 Å². The van der Waals surface area contributed by atoms with Crippen molar-refractivity contribution in [1.82, 2.24) is 0 Å². The largest absolute Gasteiger partial charge is 0.466 e. The summed E-state index contributed by atoms with van der Waals surface area (Å²) in [5, 5.41) is 0. The molecule has 3 heteroatoms. The first-order chi connectivity index (χ1) is 4.83. The number of hydrogen-bond donors (Lipinski definition) is 0. The molecule has 0 atom stereocenters. The maximum atomic E-state index is 10.6. The SMILES string of the molecule is COC(=O)/C=C1\CCOC1. The molecule has 1 saturated heterocycles. The second kappa shape index (κ2) is 3.37. The first-order valence-corrected chi connectivity index (χ1v) is 3.18. The van der Waals surface area contributed by atoms with Crippen LogP contribution in [0.3, 0.4) is 0 Å². The third-order valence-corrected chi connectivity index (χ3v) is 1.38. The molecule has 0 aromatic rings. The number of carbonyl (C=O) groups is 1. The Bertz CT molecular complexity index is 152. The van der Waals surface area contributed by atoms with Crippen molar-refractivity contribution in [2.75, 3.05) is 20.3 Å². The molecule has 10 heavy (non-hydrogen) atoms. The van der Waals surface area contributed by atoms with Crippen LogP contribution in [-0.2, 0) is 14.3 Å². The van der Waals surface area contributed by atoms with Gasteiger partial charge in [-0.2, -0.15) is 0 Å². The van der Waals surface area contributed by atoms with Crippen LogP contribution in [0, 0.1) is 0 Å². The predicted molar refractivity (Wildman–Crippen MR) is 35.5 cm³/mol. The van der Waals surface area contributed by atoms with E-state index >= 15 is 0 Å². The lowest BCUT2D eigenvalue weighted by Crippen LogP contribution is -1.96. The summed E-state index contributed by atoms with van der Waals surface area (Å²) in [5.41, 5.74) is 1.02. The Labute approximate surface area is 59.6 Å². The van der Waals surface area contributed by atoms with E-state index in [4.69, 9.17) is 4.74 Å². The van der Waals surface area contributed by atoms with E-state index in [1.807, 2.05) is 0 Å². The third-order valence-electron chi connectivity index (χ3n) is 1.38. The third kappa shape index (κ3) is 1.84. The molecule has 1 heterocycles. The van der Waals surface area contributed by atoms with E-state index in [0.29, 0.717) is 6.61 Å². The Hall–Kier alpha value is -0.830. The highest BCUT2D eigenvalue weighted by Crippen LogP contribution is 2.09. The van der Waals surface area contributed by atoms with Gasteiger partial charge in [0.05, 0.1) is 20.3 Å². The van der Waals surface area contributed by atoms with Crippen LogP contribution in [-0.4, -0.2) is 26.3 Å². The highest BCUT2D eigenvalue weighted by molar-refractivity contribution is 5.82. The highest BCUT2D eigenvalue weighted by atomic mass is 16.5. The standard InChI is InChI=1S/C7H10O3/c1-9-7(8)4-6-2-3-10-5-6/h4H,2-3,5H2,1H3/b6-4+. The minimum absolute atomic E-state index is 0.291. The predicted octanol–water partition coefficient (Wildman–Crippen LogP) is 0.506. The topological polar surface area (TPSA) is 35.5 Å². The molecule has 1 aliphatic rings. The maximum absolute atomic E-state index is 10.6. The molecule has 0 aliphatic carbocycles. The average molecular weight is 142 g/mol. The summed E-state index contributed by atoms with van der Waals surface area (Å²) in [6, 6.07) is 0. The fourth-order valence-electron chi connectivity index (χ4n) is 0.818. The lowest BCUT2D eigenvalue weighted by atomic mass is 10.2. The van der Waals surface area contributed by atoms with Crippen LogP contribution >= 0.6 is 0 Å². The molecule has 0 spiro atoms. The molecule has 0 bridgehead atoms. The Morgan fingerprint density at radius 2 is 2.60 bits per heavy atom. The van der Waals surface area contributed by atoms with E-state index < -0.39 is 0 Å². The van der Waals surface area contributed by atoms with E-state index in [1.165, 1.54) is 13.2 Å². The Morgan fingerprint density at radius 3 is 3.10 bits per heavy atom. The van der Waals surface area contributed by atoms with Gasteiger partial charge in [0, 0.05) is 6.08 Å². The van der Waals surface area contributed by atoms with Crippen LogP contribution in [0.1, 0.15) is 6.42 Å². The molecule has 0 amide bonds. The molecule has 0 aromatic heterocycles. The Kier molecular flexibility index (Phi) is 2.45. The summed E-state index contributed by atoms with van der Waals surface area (Å²) in [6.07, 6.45) is 2.35. The summed E-state index contributed by atoms with van der Waals surface area (Å²) in [5.74, 6) is -0.291. The van der Waals surface area contributed by atoms with Crippen LogP contribution in [0.2, 0.25) is 0 Å². The molecule has 0 N–H and O–H groups in total. The molecular formula is C7H10O3. The van der Waals surface area contributed by atoms with E-state index in [-0.39, 0.29) is 5.97 Å². The van der Waals surface area contributed by atoms with Gasteiger partial charge < -0.3 is 9.47 Å². The van der Waals surface area contributed by atoms with Crippen molar-refractivity contribution in [3.05, 3.63) is 11.6 Å². The van der Waals surface area contributed by atoms with Gasteiger partial charge in [-0.05, 0) is 12.0 Å². The summed E-state index contributed by atoms with van der Waals surface area (Å²) in [7, 11) is 1.37. The summed E-state index contributed by atoms with van der Waals surface area (Å²) in [4.78, 5) is 10.6. The number of carbonyl (C=O) groups excluding carboxylic acids is 1. The molecule has 3 nitrogen and oxygen atoms in total. The van der Waals surface area contributed by atoms with Crippen molar-refractivity contribution >= 4 is 5.97 Å². The monoisotopic (exact) mass is 142 g/mol. The molecule has 56 valence electrons. The number of rotatable bonds is 1. The maximum Gasteiger partial charge on any atom is 0.330 e. The van der Waals surface area contributed by atoms with Gasteiger partial charge in [-0.25, -0.2) is 4.79 Å². The van der Waals surface area contributed by atoms with Crippen LogP contribution in [0.4, 0.5) is 0 Å². The van der Waals surface area contributed by atoms with Gasteiger partial charge >= 0.3 is 5.97 Å². The number of ether oxygens (including phenoxy) is 2. The molecule has 0 aromatic carbocycles. The van der Waals surface area contributed by atoms with Crippen molar-refractivity contribution < 1.29 is 14.3 Å². The van der Waals surface area contributed by atoms with Gasteiger partial charge in [-0.3, -0.25) is 0 Å². The molecule has 1 rings (SSSR count). The number of hydrogen-bond acceptors (Lipinski definition) is 3. The van der Waals surface area contributed by atoms with E-state index in [9.17, 15) is 4.79 Å². The van der Waals surface area contributed by atoms with E-state index in [1.54, 1.807) is 0 Å². The molecular weight excluding hydrogens is 132 g/mol. The fraction of sp³-hybridized carbons (Fsp3) is 0.571. The molecule has 0 saturated carbocycles. The number of esters is 1. The van der Waals surface area contributed by atoms with Crippen molar-refractivity contribution in [1.29, 1.82) is 0 Å². The Morgan fingerprint density at radius 1 is 1.80 bits per heavy atom. The minimum atomic E-state index is -0.291. The normalized spacial score (nSPS) is 21.5. The van der Waals surface area contributed by atoms with Crippen molar-refractivity contribution in [3.63, 3.8) is 0 Å². The van der Waals surface area contributed by atoms with Crippen molar-refractivity contribution in [3.8, 4) is 0 Å². The molecule has 0 radical (unpaired) electrons. The van der Waals surface area contributed by atoms with Crippen LogP contribution in [0.5, 0.6) is 0 Å². The van der Waals surface area contributed by atoms with Crippen molar-refractivity contribution in [2.45, 2.75) is 6.42 Å². The zero-order valence-electron chi connectivity index (χ0n) is 5.92. The van der Waals surface area contributed by atoms with Gasteiger partial charge in [-0.15, -0.1) is 0 Å². The van der Waals surface area contributed by atoms with Gasteiger partial charge in [0.25, 0.3) is 0 Å². The highest BCUT2D eigenvalue weighted by Gasteiger charge is 2.08. The summed E-state index contributed by atoms with van der Waals surface area (Å²) in [6.45, 7) is 1.30. The smallest absolute Gasteiger partial charge is 0.330 e. The van der Waals surface area contributed by atoms with Crippen LogP contribution in [0.15, 0.2) is 11.6 Å². The molecule has 0 unspecified atom stereocenters. The molecule has 1 aliphatic heterocycles. The van der Waals surface area contributed by atoms with Gasteiger partial charge in [0.15, 0.2) is 0 Å². The van der Waals surface area contributed by atoms with Gasteiger partial charge in [0.1, 0.15) is 0 Å². The summed E-state index contributed by atoms with van der Waals surface area (Å²) < 4.78 is 9.47. The van der Waals surface area contributed by atoms with Gasteiger partial charge in [0.2, 0.25) is 0 Å². The molecule has 1 fully saturated rings. The fourth-order valence-corrected chi connectivity index (χ4v) is 0.818. The quantitative estimate of drug-likeness (QED) is 0.395. The summed E-state index contributed by atoms with van der Waals surface area (Å²) >= 11 is 0. The lowest BCUT2D eigenvalue weighted by Gasteiger charge is -1.92. The first kappa shape index (κ1) is 7.28. The second-order valence-electron chi connectivity index (χ2n) is 2.13. The lowest BCUT2D eigenvalue weighted by molar-refractivity contribution is -0.134. The van der Waals surface area contributed by atoms with Gasteiger partial charge in [-0.1, -0.05) is 0 Å². The average Bonchev–Trinajstić information content (AvgIpc) is 2.40. The van der Waals surface area contributed by atoms with E-state index in [0.717, 1.165) is 18.6 Å². The van der Waals surface area contributed by atoms with Crippen LogP contribution < -0.4 is 0 Å². The minimum Gasteiger partial charge on any atom is -0.466 e. The zero-order valence-corrected chi connectivity index (χ0v) is 5.92. The zero-order chi connectivity index (χ0) is 7.40. The van der Waals surface area contributed by atoms with Crippen molar-refractivity contribution in [2.24, 2.45) is 0 Å². The Balaban J connectivity index is 2.45. The van der Waals surface area contributed by atoms with Crippen LogP contribution in [0.25, 0.3) is 0 Å².